The zero-order chi connectivity index (χ0) is 31.0. The molecule has 0 aromatic heterocycles. The Labute approximate surface area is 250 Å². The molecular weight excluding hydrogens is 584 g/mol. The zero-order valence-corrected chi connectivity index (χ0v) is 25.3. The molecule has 0 spiro atoms. The highest BCUT2D eigenvalue weighted by molar-refractivity contribution is 7.92. The number of nitro groups is 1. The van der Waals surface area contributed by atoms with Gasteiger partial charge in [-0.05, 0) is 49.6 Å². The molecule has 0 fully saturated rings. The highest BCUT2D eigenvalue weighted by atomic mass is 35.5. The Morgan fingerprint density at radius 3 is 2.38 bits per heavy atom. The molecule has 0 radical (unpaired) electrons. The first-order chi connectivity index (χ1) is 19.9. The molecule has 0 aliphatic carbocycles. The van der Waals surface area contributed by atoms with Gasteiger partial charge in [0.05, 0.1) is 22.6 Å². The molecule has 0 aliphatic rings. The number of methoxy groups -OCH3 is 1. The summed E-state index contributed by atoms with van der Waals surface area (Å²) in [7, 11) is -1.79. The molecule has 13 heteroatoms. The molecule has 0 aliphatic heterocycles. The number of rotatable bonds is 13. The normalized spacial score (nSPS) is 11.8. The predicted molar refractivity (Wildman–Crippen MR) is 160 cm³/mol. The molecule has 2 amide bonds. The summed E-state index contributed by atoms with van der Waals surface area (Å²) in [5.74, 6) is -0.956. The maximum atomic E-state index is 14.1. The highest BCUT2D eigenvalue weighted by Crippen LogP contribution is 2.36. The second-order valence-corrected chi connectivity index (χ2v) is 11.7. The summed E-state index contributed by atoms with van der Waals surface area (Å²) >= 11 is 6.24. The molecule has 3 rings (SSSR count). The summed E-state index contributed by atoms with van der Waals surface area (Å²) in [5.41, 5.74) is 0.758. The van der Waals surface area contributed by atoms with E-state index in [1.54, 1.807) is 6.92 Å². The molecule has 0 saturated carbocycles. The summed E-state index contributed by atoms with van der Waals surface area (Å²) in [6, 6.07) is 16.3. The first kappa shape index (κ1) is 32.4. The van der Waals surface area contributed by atoms with Gasteiger partial charge < -0.3 is 15.0 Å². The van der Waals surface area contributed by atoms with Gasteiger partial charge in [0.15, 0.2) is 0 Å². The lowest BCUT2D eigenvalue weighted by Crippen LogP contribution is -2.52. The topological polar surface area (TPSA) is 139 Å². The molecule has 3 aromatic carbocycles. The summed E-state index contributed by atoms with van der Waals surface area (Å²) in [4.78, 5) is 38.7. The standard InChI is InChI=1S/C29H33ClN4O7S/c1-5-24(29(36)31-3)32(16-15-21-9-7-6-8-10-21)28(35)19-33(26-17-22(30)12-14-27(26)41-4)42(39,40)23-13-11-20(2)25(18-23)34(37)38/h6-14,17-18,24H,5,15-16,19H2,1-4H3,(H,31,36). The Morgan fingerprint density at radius 1 is 1.10 bits per heavy atom. The Balaban J connectivity index is 2.14. The van der Waals surface area contributed by atoms with Crippen LogP contribution in [0.3, 0.4) is 0 Å². The van der Waals surface area contributed by atoms with Crippen molar-refractivity contribution < 1.29 is 27.7 Å². The van der Waals surface area contributed by atoms with Gasteiger partial charge in [0, 0.05) is 30.2 Å². The van der Waals surface area contributed by atoms with Gasteiger partial charge in [0.2, 0.25) is 11.8 Å². The van der Waals surface area contributed by atoms with Crippen LogP contribution in [0.15, 0.2) is 71.6 Å². The second kappa shape index (κ2) is 14.1. The largest absolute Gasteiger partial charge is 0.495 e. The fourth-order valence-electron chi connectivity index (χ4n) is 4.51. The fourth-order valence-corrected chi connectivity index (χ4v) is 6.11. The maximum absolute atomic E-state index is 14.1. The lowest BCUT2D eigenvalue weighted by atomic mass is 10.1. The number of likely N-dealkylation sites (N-methyl/N-ethyl adjacent to an activating group) is 1. The highest BCUT2D eigenvalue weighted by Gasteiger charge is 2.35. The van der Waals surface area contributed by atoms with Crippen LogP contribution in [0.5, 0.6) is 5.75 Å². The number of amides is 2. The van der Waals surface area contributed by atoms with Crippen molar-refractivity contribution in [3.63, 3.8) is 0 Å². The van der Waals surface area contributed by atoms with Crippen molar-refractivity contribution in [2.45, 2.75) is 37.6 Å². The number of halogens is 1. The van der Waals surface area contributed by atoms with Gasteiger partial charge in [0.25, 0.3) is 15.7 Å². The predicted octanol–water partition coefficient (Wildman–Crippen LogP) is 4.36. The van der Waals surface area contributed by atoms with Crippen molar-refractivity contribution in [2.24, 2.45) is 0 Å². The second-order valence-electron chi connectivity index (χ2n) is 9.39. The van der Waals surface area contributed by atoms with E-state index in [1.807, 2.05) is 30.3 Å². The number of carbonyl (C=O) groups is 2. The Bertz CT molecular complexity index is 1550. The summed E-state index contributed by atoms with van der Waals surface area (Å²) in [6.07, 6.45) is 0.690. The van der Waals surface area contributed by atoms with Crippen molar-refractivity contribution in [1.82, 2.24) is 10.2 Å². The van der Waals surface area contributed by atoms with Crippen LogP contribution in [0.1, 0.15) is 24.5 Å². The Morgan fingerprint density at radius 2 is 1.79 bits per heavy atom. The van der Waals surface area contributed by atoms with Gasteiger partial charge >= 0.3 is 0 Å². The third-order valence-electron chi connectivity index (χ3n) is 6.77. The van der Waals surface area contributed by atoms with E-state index in [2.05, 4.69) is 5.32 Å². The van der Waals surface area contributed by atoms with Gasteiger partial charge in [0.1, 0.15) is 18.3 Å². The molecule has 1 unspecified atom stereocenters. The van der Waals surface area contributed by atoms with Gasteiger partial charge in [-0.1, -0.05) is 54.9 Å². The van der Waals surface area contributed by atoms with Crippen molar-refractivity contribution in [2.75, 3.05) is 31.6 Å². The number of nitrogens with one attached hydrogen (secondary N) is 1. The van der Waals surface area contributed by atoms with E-state index in [9.17, 15) is 28.1 Å². The average Bonchev–Trinajstić information content (AvgIpc) is 2.97. The number of ether oxygens (including phenoxy) is 1. The first-order valence-electron chi connectivity index (χ1n) is 13.1. The summed E-state index contributed by atoms with van der Waals surface area (Å²) in [6.45, 7) is 2.64. The van der Waals surface area contributed by atoms with Crippen LogP contribution in [0, 0.1) is 17.0 Å². The monoisotopic (exact) mass is 616 g/mol. The summed E-state index contributed by atoms with van der Waals surface area (Å²) < 4.78 is 34.4. The molecule has 0 bridgehead atoms. The van der Waals surface area contributed by atoms with Crippen molar-refractivity contribution in [3.05, 3.63) is 93.0 Å². The quantitative estimate of drug-likeness (QED) is 0.222. The van der Waals surface area contributed by atoms with E-state index in [4.69, 9.17) is 16.3 Å². The molecule has 0 heterocycles. The van der Waals surface area contributed by atoms with Crippen LogP contribution in [0.25, 0.3) is 0 Å². The molecular formula is C29H33ClN4O7S. The van der Waals surface area contributed by atoms with Gasteiger partial charge in [-0.15, -0.1) is 0 Å². The SMILES string of the molecule is CCC(C(=O)NC)N(CCc1ccccc1)C(=O)CN(c1cc(Cl)ccc1OC)S(=O)(=O)c1ccc(C)c([N+](=O)[O-])c1. The van der Waals surface area contributed by atoms with E-state index in [1.165, 1.54) is 56.3 Å². The zero-order valence-electron chi connectivity index (χ0n) is 23.7. The van der Waals surface area contributed by atoms with Crippen LogP contribution in [-0.2, 0) is 26.0 Å². The number of hydrogen-bond donors (Lipinski definition) is 1. The fraction of sp³-hybridized carbons (Fsp3) is 0.310. The van der Waals surface area contributed by atoms with Crippen molar-refractivity contribution in [1.29, 1.82) is 0 Å². The number of carbonyl (C=O) groups excluding carboxylic acids is 2. The molecule has 42 heavy (non-hydrogen) atoms. The molecule has 1 N–H and O–H groups in total. The van der Waals surface area contributed by atoms with Crippen LogP contribution < -0.4 is 14.4 Å². The Hall–Kier alpha value is -4.16. The van der Waals surface area contributed by atoms with Crippen LogP contribution >= 0.6 is 11.6 Å². The van der Waals surface area contributed by atoms with E-state index in [-0.39, 0.29) is 35.0 Å². The molecule has 1 atom stereocenters. The van der Waals surface area contributed by atoms with Crippen molar-refractivity contribution >= 4 is 44.8 Å². The molecule has 3 aromatic rings. The van der Waals surface area contributed by atoms with Crippen LogP contribution in [0.2, 0.25) is 5.02 Å². The van der Waals surface area contributed by atoms with Gasteiger partial charge in [-0.3, -0.25) is 24.0 Å². The van der Waals surface area contributed by atoms with Gasteiger partial charge in [-0.2, -0.15) is 0 Å². The van der Waals surface area contributed by atoms with E-state index >= 15 is 0 Å². The molecule has 224 valence electrons. The third kappa shape index (κ3) is 7.37. The van der Waals surface area contributed by atoms with E-state index < -0.39 is 49.9 Å². The van der Waals surface area contributed by atoms with Gasteiger partial charge in [-0.25, -0.2) is 8.42 Å². The third-order valence-corrected chi connectivity index (χ3v) is 8.76. The smallest absolute Gasteiger partial charge is 0.273 e. The maximum Gasteiger partial charge on any atom is 0.273 e. The summed E-state index contributed by atoms with van der Waals surface area (Å²) in [5, 5.41) is 14.3. The number of nitro benzene ring substituents is 1. The number of nitrogens with zero attached hydrogens (tertiary/aromatic N) is 3. The molecule has 11 nitrogen and oxygen atoms in total. The first-order valence-corrected chi connectivity index (χ1v) is 14.9. The van der Waals surface area contributed by atoms with E-state index in [0.717, 1.165) is 15.9 Å². The number of hydrogen-bond acceptors (Lipinski definition) is 7. The van der Waals surface area contributed by atoms with Crippen LogP contribution in [0.4, 0.5) is 11.4 Å². The number of benzene rings is 3. The lowest BCUT2D eigenvalue weighted by Gasteiger charge is -2.33. The van der Waals surface area contributed by atoms with Crippen molar-refractivity contribution in [3.8, 4) is 5.75 Å². The average molecular weight is 617 g/mol. The van der Waals surface area contributed by atoms with Crippen LogP contribution in [-0.4, -0.2) is 63.3 Å². The van der Waals surface area contributed by atoms with E-state index in [0.29, 0.717) is 6.42 Å². The minimum Gasteiger partial charge on any atom is -0.495 e. The molecule has 0 saturated heterocycles. The number of aryl methyl sites for hydroxylation is 1. The minimum atomic E-state index is -4.59. The number of anilines is 1. The number of sulfonamides is 1. The minimum absolute atomic E-state index is 0.0439. The Kier molecular flexibility index (Phi) is 10.9. The lowest BCUT2D eigenvalue weighted by molar-refractivity contribution is -0.385.